The summed E-state index contributed by atoms with van der Waals surface area (Å²) < 4.78 is 18.6. The van der Waals surface area contributed by atoms with Gasteiger partial charge < -0.3 is 4.74 Å². The van der Waals surface area contributed by atoms with E-state index >= 15 is 0 Å². The van der Waals surface area contributed by atoms with Crippen molar-refractivity contribution in [1.29, 1.82) is 0 Å². The number of ether oxygens (including phenoxy) is 1. The molecule has 2 heteroatoms. The number of aryl methyl sites for hydroxylation is 1. The number of epoxide rings is 1. The van der Waals surface area contributed by atoms with Gasteiger partial charge >= 0.3 is 0 Å². The predicted octanol–water partition coefficient (Wildman–Crippen LogP) is 3.67. The summed E-state index contributed by atoms with van der Waals surface area (Å²) >= 11 is 0. The van der Waals surface area contributed by atoms with E-state index in [4.69, 9.17) is 4.74 Å². The Labute approximate surface area is 102 Å². The lowest BCUT2D eigenvalue weighted by molar-refractivity contribution is 0.331. The van der Waals surface area contributed by atoms with Gasteiger partial charge in [-0.2, -0.15) is 0 Å². The van der Waals surface area contributed by atoms with Crippen LogP contribution in [-0.4, -0.2) is 12.7 Å². The summed E-state index contributed by atoms with van der Waals surface area (Å²) in [5.74, 6) is 1.21. The second-order valence-corrected chi connectivity index (χ2v) is 5.51. The quantitative estimate of drug-likeness (QED) is 0.708. The highest BCUT2D eigenvalue weighted by Crippen LogP contribution is 2.42. The van der Waals surface area contributed by atoms with Gasteiger partial charge in [-0.05, 0) is 60.8 Å². The Balaban J connectivity index is 1.69. The topological polar surface area (TPSA) is 12.5 Å². The van der Waals surface area contributed by atoms with Gasteiger partial charge in [0.25, 0.3) is 0 Å². The van der Waals surface area contributed by atoms with Crippen LogP contribution in [0.25, 0.3) is 0 Å². The second kappa shape index (κ2) is 4.41. The van der Waals surface area contributed by atoms with Crippen molar-refractivity contribution in [3.63, 3.8) is 0 Å². The van der Waals surface area contributed by atoms with Gasteiger partial charge in [0.15, 0.2) is 0 Å². The second-order valence-electron chi connectivity index (χ2n) is 5.51. The van der Waals surface area contributed by atoms with Crippen LogP contribution in [0.1, 0.15) is 43.2 Å². The maximum Gasteiger partial charge on any atom is 0.123 e. The Bertz CT molecular complexity index is 407. The molecule has 1 nitrogen and oxygen atoms in total. The molecule has 2 unspecified atom stereocenters. The lowest BCUT2D eigenvalue weighted by Crippen LogP contribution is -2.06. The molecule has 0 spiro atoms. The fourth-order valence-corrected chi connectivity index (χ4v) is 2.54. The minimum Gasteiger partial charge on any atom is -0.373 e. The third-order valence-corrected chi connectivity index (χ3v) is 3.99. The van der Waals surface area contributed by atoms with E-state index in [1.165, 1.54) is 24.0 Å². The minimum absolute atomic E-state index is 0.0975. The molecule has 3 rings (SSSR count). The van der Waals surface area contributed by atoms with Crippen LogP contribution >= 0.6 is 0 Å². The van der Waals surface area contributed by atoms with Crippen molar-refractivity contribution in [3.05, 3.63) is 35.1 Å². The average Bonchev–Trinajstić information content (AvgIpc) is 3.18. The number of benzene rings is 1. The lowest BCUT2D eigenvalue weighted by atomic mass is 9.94. The molecule has 0 amide bonds. The molecule has 2 fully saturated rings. The SMILES string of the molecule is CC(CCc1cc(F)ccc1C1CC1)C1CO1. The summed E-state index contributed by atoms with van der Waals surface area (Å²) in [6.07, 6.45) is 5.12. The molecule has 1 aliphatic heterocycles. The highest BCUT2D eigenvalue weighted by molar-refractivity contribution is 5.34. The van der Waals surface area contributed by atoms with Crippen LogP contribution in [0, 0.1) is 11.7 Å². The van der Waals surface area contributed by atoms with Crippen LogP contribution in [0.4, 0.5) is 4.39 Å². The summed E-state index contributed by atoms with van der Waals surface area (Å²) in [5, 5.41) is 0. The van der Waals surface area contributed by atoms with E-state index in [0.29, 0.717) is 17.9 Å². The molecule has 1 heterocycles. The van der Waals surface area contributed by atoms with E-state index in [1.54, 1.807) is 12.1 Å². The zero-order valence-electron chi connectivity index (χ0n) is 10.3. The lowest BCUT2D eigenvalue weighted by Gasteiger charge is -2.12. The van der Waals surface area contributed by atoms with Gasteiger partial charge in [-0.25, -0.2) is 4.39 Å². The number of hydrogen-bond donors (Lipinski definition) is 0. The third-order valence-electron chi connectivity index (χ3n) is 3.99. The summed E-state index contributed by atoms with van der Waals surface area (Å²) in [5.41, 5.74) is 2.61. The van der Waals surface area contributed by atoms with Crippen molar-refractivity contribution < 1.29 is 9.13 Å². The van der Waals surface area contributed by atoms with Crippen molar-refractivity contribution in [2.45, 2.75) is 44.6 Å². The Hall–Kier alpha value is -0.890. The monoisotopic (exact) mass is 234 g/mol. The van der Waals surface area contributed by atoms with Gasteiger partial charge in [-0.3, -0.25) is 0 Å². The first-order valence-corrected chi connectivity index (χ1v) is 6.64. The van der Waals surface area contributed by atoms with E-state index in [0.717, 1.165) is 19.4 Å². The van der Waals surface area contributed by atoms with E-state index in [9.17, 15) is 4.39 Å². The van der Waals surface area contributed by atoms with Gasteiger partial charge in [0.2, 0.25) is 0 Å². The van der Waals surface area contributed by atoms with Gasteiger partial charge in [-0.15, -0.1) is 0 Å². The number of rotatable bonds is 5. The fourth-order valence-electron chi connectivity index (χ4n) is 2.54. The maximum absolute atomic E-state index is 13.3. The van der Waals surface area contributed by atoms with Crippen LogP contribution < -0.4 is 0 Å². The Morgan fingerprint density at radius 2 is 2.18 bits per heavy atom. The Morgan fingerprint density at radius 3 is 2.82 bits per heavy atom. The smallest absolute Gasteiger partial charge is 0.123 e. The van der Waals surface area contributed by atoms with E-state index in [-0.39, 0.29) is 5.82 Å². The van der Waals surface area contributed by atoms with Crippen molar-refractivity contribution in [2.24, 2.45) is 5.92 Å². The summed E-state index contributed by atoms with van der Waals surface area (Å²) in [6, 6.07) is 5.32. The zero-order chi connectivity index (χ0) is 11.8. The molecule has 1 aromatic rings. The Morgan fingerprint density at radius 1 is 1.41 bits per heavy atom. The number of hydrogen-bond acceptors (Lipinski definition) is 1. The normalized spacial score (nSPS) is 24.7. The molecule has 0 bridgehead atoms. The third kappa shape index (κ3) is 2.68. The van der Waals surface area contributed by atoms with Crippen LogP contribution in [0.5, 0.6) is 0 Å². The minimum atomic E-state index is -0.0975. The highest BCUT2D eigenvalue weighted by Gasteiger charge is 2.30. The molecule has 0 N–H and O–H groups in total. The Kier molecular flexibility index (Phi) is 2.91. The largest absolute Gasteiger partial charge is 0.373 e. The van der Waals surface area contributed by atoms with Crippen molar-refractivity contribution in [1.82, 2.24) is 0 Å². The van der Waals surface area contributed by atoms with E-state index in [1.807, 2.05) is 6.07 Å². The predicted molar refractivity (Wildman–Crippen MR) is 65.6 cm³/mol. The van der Waals surface area contributed by atoms with Crippen LogP contribution in [0.3, 0.4) is 0 Å². The van der Waals surface area contributed by atoms with Crippen molar-refractivity contribution in [2.75, 3.05) is 6.61 Å². The molecule has 1 saturated heterocycles. The first kappa shape index (κ1) is 11.2. The van der Waals surface area contributed by atoms with Crippen LogP contribution in [0.15, 0.2) is 18.2 Å². The molecule has 0 radical (unpaired) electrons. The standard InChI is InChI=1S/C15H19FO/c1-10(15-9-17-15)2-3-12-8-13(16)6-7-14(12)11-4-5-11/h6-8,10-11,15H,2-5,9H2,1H3. The average molecular weight is 234 g/mol. The van der Waals surface area contributed by atoms with Crippen molar-refractivity contribution in [3.8, 4) is 0 Å². The van der Waals surface area contributed by atoms with Crippen LogP contribution in [-0.2, 0) is 11.2 Å². The van der Waals surface area contributed by atoms with Gasteiger partial charge in [-0.1, -0.05) is 13.0 Å². The van der Waals surface area contributed by atoms with Crippen LogP contribution in [0.2, 0.25) is 0 Å². The van der Waals surface area contributed by atoms with Gasteiger partial charge in [0, 0.05) is 0 Å². The van der Waals surface area contributed by atoms with E-state index < -0.39 is 0 Å². The molecular weight excluding hydrogens is 215 g/mol. The van der Waals surface area contributed by atoms with Gasteiger partial charge in [0.05, 0.1) is 12.7 Å². The molecule has 2 atom stereocenters. The zero-order valence-corrected chi connectivity index (χ0v) is 10.3. The van der Waals surface area contributed by atoms with E-state index in [2.05, 4.69) is 6.92 Å². The number of halogens is 1. The molecule has 92 valence electrons. The molecule has 0 aromatic heterocycles. The maximum atomic E-state index is 13.3. The fraction of sp³-hybridized carbons (Fsp3) is 0.600. The molecule has 1 saturated carbocycles. The molecular formula is C15H19FO. The van der Waals surface area contributed by atoms with Gasteiger partial charge in [0.1, 0.15) is 5.82 Å². The molecule has 1 aromatic carbocycles. The van der Waals surface area contributed by atoms with Crippen molar-refractivity contribution >= 4 is 0 Å². The first-order chi connectivity index (χ1) is 8.24. The molecule has 2 aliphatic rings. The highest BCUT2D eigenvalue weighted by atomic mass is 19.1. The summed E-state index contributed by atoms with van der Waals surface area (Å²) in [4.78, 5) is 0. The molecule has 1 aliphatic carbocycles. The summed E-state index contributed by atoms with van der Waals surface area (Å²) in [7, 11) is 0. The molecule has 17 heavy (non-hydrogen) atoms. The first-order valence-electron chi connectivity index (χ1n) is 6.64. The summed E-state index contributed by atoms with van der Waals surface area (Å²) in [6.45, 7) is 3.15.